The largest absolute Gasteiger partial charge is 0.338 e. The molecule has 1 aliphatic rings. The van der Waals surface area contributed by atoms with Crippen LogP contribution >= 0.6 is 11.6 Å². The Labute approximate surface area is 214 Å². The molecule has 3 heterocycles. The van der Waals surface area contributed by atoms with Gasteiger partial charge in [-0.15, -0.1) is 0 Å². The smallest absolute Gasteiger partial charge is 0.255 e. The van der Waals surface area contributed by atoms with Crippen LogP contribution in [-0.4, -0.2) is 64.0 Å². The quantitative estimate of drug-likeness (QED) is 0.403. The molecule has 10 heteroatoms. The molecule has 36 heavy (non-hydrogen) atoms. The highest BCUT2D eigenvalue weighted by Crippen LogP contribution is 2.24. The number of nitrogens with zero attached hydrogens (tertiary/aromatic N) is 6. The summed E-state index contributed by atoms with van der Waals surface area (Å²) in [5.74, 6) is 1.63. The first-order valence-electron chi connectivity index (χ1n) is 11.6. The standard InChI is InChI=1S/C26H25ClN8O/c1-34-12-14-35(15-13-34)26-32-23(18-6-5-7-20(27)16-18)31-25(33-26)30-22-17-19(10-11-28-22)24(36)29-21-8-3-2-4-9-21/h2-11,16-17H,12-15H2,1H3,(H,29,36)(H,28,30,31,32,33). The molecule has 0 saturated carbocycles. The van der Waals surface area contributed by atoms with E-state index in [-0.39, 0.29) is 5.91 Å². The Morgan fingerprint density at radius 1 is 0.917 bits per heavy atom. The number of aromatic nitrogens is 4. The third-order valence-corrected chi connectivity index (χ3v) is 6.02. The van der Waals surface area contributed by atoms with Gasteiger partial charge in [-0.3, -0.25) is 4.79 Å². The van der Waals surface area contributed by atoms with Crippen LogP contribution in [0.15, 0.2) is 72.9 Å². The molecule has 0 bridgehead atoms. The van der Waals surface area contributed by atoms with Crippen LogP contribution in [0, 0.1) is 0 Å². The van der Waals surface area contributed by atoms with E-state index in [9.17, 15) is 4.79 Å². The van der Waals surface area contributed by atoms with Crippen LogP contribution in [-0.2, 0) is 0 Å². The van der Waals surface area contributed by atoms with E-state index in [1.54, 1.807) is 18.3 Å². The number of likely N-dealkylation sites (N-methyl/N-ethyl adjacent to an activating group) is 1. The van der Waals surface area contributed by atoms with E-state index in [1.165, 1.54) is 0 Å². The predicted molar refractivity (Wildman–Crippen MR) is 142 cm³/mol. The lowest BCUT2D eigenvalue weighted by Gasteiger charge is -2.32. The van der Waals surface area contributed by atoms with Crippen LogP contribution in [0.25, 0.3) is 11.4 Å². The van der Waals surface area contributed by atoms with Crippen LogP contribution in [0.2, 0.25) is 5.02 Å². The summed E-state index contributed by atoms with van der Waals surface area (Å²) in [4.78, 5) is 35.5. The van der Waals surface area contributed by atoms with E-state index in [1.807, 2.05) is 54.6 Å². The lowest BCUT2D eigenvalue weighted by Crippen LogP contribution is -2.45. The zero-order valence-corrected chi connectivity index (χ0v) is 20.5. The zero-order chi connectivity index (χ0) is 24.9. The second-order valence-electron chi connectivity index (χ2n) is 8.46. The molecule has 5 rings (SSSR count). The van der Waals surface area contributed by atoms with Crippen molar-refractivity contribution in [2.75, 3.05) is 48.8 Å². The Bertz CT molecular complexity index is 1360. The summed E-state index contributed by atoms with van der Waals surface area (Å²) in [6.45, 7) is 3.45. The fourth-order valence-electron chi connectivity index (χ4n) is 3.80. The Kier molecular flexibility index (Phi) is 7.01. The van der Waals surface area contributed by atoms with E-state index in [0.717, 1.165) is 31.7 Å². The fourth-order valence-corrected chi connectivity index (χ4v) is 3.99. The maximum absolute atomic E-state index is 12.7. The van der Waals surface area contributed by atoms with Gasteiger partial charge in [-0.05, 0) is 43.4 Å². The number of pyridine rings is 1. The van der Waals surface area contributed by atoms with Crippen LogP contribution in [0.3, 0.4) is 0 Å². The maximum Gasteiger partial charge on any atom is 0.255 e. The Morgan fingerprint density at radius 3 is 2.50 bits per heavy atom. The number of carbonyl (C=O) groups excluding carboxylic acids is 1. The number of nitrogens with one attached hydrogen (secondary N) is 2. The Hall–Kier alpha value is -4.08. The lowest BCUT2D eigenvalue weighted by atomic mass is 10.2. The van der Waals surface area contributed by atoms with Crippen LogP contribution in [0.4, 0.5) is 23.4 Å². The van der Waals surface area contributed by atoms with Gasteiger partial charge in [0, 0.05) is 54.2 Å². The Morgan fingerprint density at radius 2 is 1.72 bits per heavy atom. The van der Waals surface area contributed by atoms with Gasteiger partial charge >= 0.3 is 0 Å². The van der Waals surface area contributed by atoms with Crippen LogP contribution in [0.5, 0.6) is 0 Å². The highest BCUT2D eigenvalue weighted by Gasteiger charge is 2.19. The maximum atomic E-state index is 12.7. The highest BCUT2D eigenvalue weighted by atomic mass is 35.5. The molecule has 0 spiro atoms. The molecule has 1 aliphatic heterocycles. The minimum absolute atomic E-state index is 0.236. The van der Waals surface area contributed by atoms with Gasteiger partial charge in [0.1, 0.15) is 5.82 Å². The first-order valence-corrected chi connectivity index (χ1v) is 12.0. The van der Waals surface area contributed by atoms with Crippen molar-refractivity contribution in [2.45, 2.75) is 0 Å². The normalized spacial score (nSPS) is 13.9. The minimum Gasteiger partial charge on any atom is -0.338 e. The van der Waals surface area contributed by atoms with Gasteiger partial charge in [0.2, 0.25) is 11.9 Å². The molecule has 2 aromatic heterocycles. The fraction of sp³-hybridized carbons (Fsp3) is 0.192. The number of hydrogen-bond donors (Lipinski definition) is 2. The zero-order valence-electron chi connectivity index (χ0n) is 19.7. The molecule has 9 nitrogen and oxygen atoms in total. The summed E-state index contributed by atoms with van der Waals surface area (Å²) >= 11 is 6.22. The molecule has 2 aromatic carbocycles. The van der Waals surface area contributed by atoms with E-state index in [0.29, 0.717) is 39.8 Å². The monoisotopic (exact) mass is 500 g/mol. The summed E-state index contributed by atoms with van der Waals surface area (Å²) in [6, 6.07) is 20.0. The molecule has 2 N–H and O–H groups in total. The third-order valence-electron chi connectivity index (χ3n) is 5.79. The van der Waals surface area contributed by atoms with Crippen molar-refractivity contribution in [2.24, 2.45) is 0 Å². The van der Waals surface area contributed by atoms with Crippen molar-refractivity contribution in [3.8, 4) is 11.4 Å². The van der Waals surface area contributed by atoms with Gasteiger partial charge in [0.05, 0.1) is 0 Å². The molecular formula is C26H25ClN8O. The van der Waals surface area contributed by atoms with Crippen LogP contribution < -0.4 is 15.5 Å². The summed E-state index contributed by atoms with van der Waals surface area (Å²) in [6.07, 6.45) is 1.57. The van der Waals surface area contributed by atoms with Gasteiger partial charge in [0.25, 0.3) is 5.91 Å². The molecule has 0 atom stereocenters. The van der Waals surface area contributed by atoms with Crippen LogP contribution in [0.1, 0.15) is 10.4 Å². The van der Waals surface area contributed by atoms with E-state index in [2.05, 4.69) is 42.4 Å². The lowest BCUT2D eigenvalue weighted by molar-refractivity contribution is 0.102. The van der Waals surface area contributed by atoms with Gasteiger partial charge < -0.3 is 20.4 Å². The molecule has 0 unspecified atom stereocenters. The summed E-state index contributed by atoms with van der Waals surface area (Å²) in [5, 5.41) is 6.63. The van der Waals surface area contributed by atoms with Gasteiger partial charge in [-0.2, -0.15) is 15.0 Å². The molecule has 4 aromatic rings. The first-order chi connectivity index (χ1) is 17.5. The molecule has 0 aliphatic carbocycles. The molecule has 0 radical (unpaired) electrons. The number of benzene rings is 2. The number of anilines is 4. The van der Waals surface area contributed by atoms with Crippen molar-refractivity contribution in [3.05, 3.63) is 83.5 Å². The SMILES string of the molecule is CN1CCN(c2nc(Nc3cc(C(=O)Nc4ccccc4)ccn3)nc(-c3cccc(Cl)c3)n2)CC1. The number of hydrogen-bond acceptors (Lipinski definition) is 8. The third kappa shape index (κ3) is 5.76. The highest BCUT2D eigenvalue weighted by molar-refractivity contribution is 6.30. The van der Waals surface area contributed by atoms with Crippen molar-refractivity contribution in [3.63, 3.8) is 0 Å². The number of amides is 1. The number of halogens is 1. The molecule has 1 fully saturated rings. The number of rotatable bonds is 6. The molecule has 182 valence electrons. The van der Waals surface area contributed by atoms with Gasteiger partial charge in [-0.1, -0.05) is 41.9 Å². The van der Waals surface area contributed by atoms with Crippen molar-refractivity contribution < 1.29 is 4.79 Å². The first kappa shape index (κ1) is 23.7. The average molecular weight is 501 g/mol. The second kappa shape index (κ2) is 10.7. The predicted octanol–water partition coefficient (Wildman–Crippen LogP) is 4.33. The number of carbonyl (C=O) groups is 1. The van der Waals surface area contributed by atoms with E-state index >= 15 is 0 Å². The second-order valence-corrected chi connectivity index (χ2v) is 8.89. The van der Waals surface area contributed by atoms with Gasteiger partial charge in [0.15, 0.2) is 5.82 Å². The van der Waals surface area contributed by atoms with E-state index < -0.39 is 0 Å². The average Bonchev–Trinajstić information content (AvgIpc) is 2.90. The summed E-state index contributed by atoms with van der Waals surface area (Å²) in [5.41, 5.74) is 1.96. The van der Waals surface area contributed by atoms with E-state index in [4.69, 9.17) is 16.6 Å². The van der Waals surface area contributed by atoms with Crippen molar-refractivity contribution in [1.29, 1.82) is 0 Å². The Balaban J connectivity index is 1.43. The number of piperazine rings is 1. The minimum atomic E-state index is -0.236. The van der Waals surface area contributed by atoms with Crippen molar-refractivity contribution >= 4 is 40.9 Å². The molecule has 1 amide bonds. The van der Waals surface area contributed by atoms with Crippen molar-refractivity contribution in [1.82, 2.24) is 24.8 Å². The molecule has 1 saturated heterocycles. The summed E-state index contributed by atoms with van der Waals surface area (Å²) < 4.78 is 0. The number of para-hydroxylation sites is 1. The van der Waals surface area contributed by atoms with Gasteiger partial charge in [-0.25, -0.2) is 4.98 Å². The topological polar surface area (TPSA) is 99.2 Å². The summed E-state index contributed by atoms with van der Waals surface area (Å²) in [7, 11) is 2.10. The molecular weight excluding hydrogens is 476 g/mol.